The van der Waals surface area contributed by atoms with Gasteiger partial charge in [-0.25, -0.2) is 9.78 Å². The van der Waals surface area contributed by atoms with Gasteiger partial charge in [-0.2, -0.15) is 5.10 Å². The second-order valence-corrected chi connectivity index (χ2v) is 6.04. The van der Waals surface area contributed by atoms with Gasteiger partial charge in [0.25, 0.3) is 11.8 Å². The molecule has 2 aliphatic rings. The lowest BCUT2D eigenvalue weighted by atomic mass is 9.93. The zero-order chi connectivity index (χ0) is 17.4. The molecule has 25 heavy (non-hydrogen) atoms. The Morgan fingerprint density at radius 1 is 1.36 bits per heavy atom. The van der Waals surface area contributed by atoms with Crippen molar-refractivity contribution in [3.8, 4) is 5.82 Å². The standard InChI is InChI=1S/C15H15N7O3/c23-12(10-7-18-22(21-10)11-3-1-2-6-16-11)17-8-15(9-4-5-9)13(24)19-14(25)20-15/h1-3,6-7,9H,4-5,8H2,(H,17,23)(H2,19,20,24,25)/t15-/m0/s1. The minimum atomic E-state index is -1.08. The molecule has 3 N–H and O–H groups in total. The summed E-state index contributed by atoms with van der Waals surface area (Å²) in [6.07, 6.45) is 4.58. The highest BCUT2D eigenvalue weighted by atomic mass is 16.2. The molecule has 2 aromatic rings. The van der Waals surface area contributed by atoms with Crippen LogP contribution in [0.15, 0.2) is 30.6 Å². The van der Waals surface area contributed by atoms with Crippen LogP contribution in [0.2, 0.25) is 0 Å². The van der Waals surface area contributed by atoms with Gasteiger partial charge in [0.2, 0.25) is 0 Å². The number of urea groups is 1. The third kappa shape index (κ3) is 2.71. The van der Waals surface area contributed by atoms with Crippen molar-refractivity contribution in [3.63, 3.8) is 0 Å². The minimum absolute atomic E-state index is 0.00448. The number of rotatable bonds is 5. The number of aromatic nitrogens is 4. The summed E-state index contributed by atoms with van der Waals surface area (Å²) in [6.45, 7) is 0.00448. The maximum absolute atomic E-state index is 12.3. The monoisotopic (exact) mass is 341 g/mol. The maximum Gasteiger partial charge on any atom is 0.322 e. The Hall–Kier alpha value is -3.30. The summed E-state index contributed by atoms with van der Waals surface area (Å²) in [5.41, 5.74) is -0.981. The van der Waals surface area contributed by atoms with Crippen LogP contribution in [0.25, 0.3) is 5.82 Å². The highest BCUT2D eigenvalue weighted by Crippen LogP contribution is 2.41. The summed E-state index contributed by atoms with van der Waals surface area (Å²) in [4.78, 5) is 41.3. The fraction of sp³-hybridized carbons (Fsp3) is 0.333. The molecule has 0 bridgehead atoms. The molecule has 10 nitrogen and oxygen atoms in total. The molecule has 1 atom stereocenters. The molecule has 4 amide bonds. The Morgan fingerprint density at radius 2 is 2.20 bits per heavy atom. The van der Waals surface area contributed by atoms with Crippen LogP contribution < -0.4 is 16.0 Å². The normalized spacial score (nSPS) is 22.4. The van der Waals surface area contributed by atoms with Crippen molar-refractivity contribution in [1.82, 2.24) is 35.9 Å². The second kappa shape index (κ2) is 5.65. The summed E-state index contributed by atoms with van der Waals surface area (Å²) in [6, 6.07) is 4.72. The molecule has 1 aliphatic carbocycles. The van der Waals surface area contributed by atoms with Gasteiger partial charge in [-0.05, 0) is 30.9 Å². The van der Waals surface area contributed by atoms with E-state index in [0.717, 1.165) is 12.8 Å². The van der Waals surface area contributed by atoms with Gasteiger partial charge < -0.3 is 10.6 Å². The first-order valence-electron chi connectivity index (χ1n) is 7.84. The summed E-state index contributed by atoms with van der Waals surface area (Å²) in [7, 11) is 0. The van der Waals surface area contributed by atoms with Gasteiger partial charge in [0, 0.05) is 6.20 Å². The summed E-state index contributed by atoms with van der Waals surface area (Å²) in [5, 5.41) is 15.7. The molecular weight excluding hydrogens is 326 g/mol. The average Bonchev–Trinajstić information content (AvgIpc) is 3.27. The highest BCUT2D eigenvalue weighted by molar-refractivity contribution is 6.08. The van der Waals surface area contributed by atoms with Crippen LogP contribution in [-0.2, 0) is 4.79 Å². The van der Waals surface area contributed by atoms with Gasteiger partial charge >= 0.3 is 6.03 Å². The predicted octanol–water partition coefficient (Wildman–Crippen LogP) is -0.620. The van der Waals surface area contributed by atoms with Gasteiger partial charge in [0.15, 0.2) is 11.5 Å². The number of nitrogens with one attached hydrogen (secondary N) is 3. The Balaban J connectivity index is 1.47. The van der Waals surface area contributed by atoms with E-state index >= 15 is 0 Å². The Morgan fingerprint density at radius 3 is 2.84 bits per heavy atom. The highest BCUT2D eigenvalue weighted by Gasteiger charge is 2.56. The third-order valence-electron chi connectivity index (χ3n) is 4.35. The number of amides is 4. The molecule has 1 saturated carbocycles. The topological polar surface area (TPSA) is 131 Å². The van der Waals surface area contributed by atoms with E-state index in [1.807, 2.05) is 0 Å². The van der Waals surface area contributed by atoms with Crippen molar-refractivity contribution in [1.29, 1.82) is 0 Å². The van der Waals surface area contributed by atoms with Crippen molar-refractivity contribution >= 4 is 17.8 Å². The van der Waals surface area contributed by atoms with Crippen LogP contribution in [-0.4, -0.2) is 49.9 Å². The van der Waals surface area contributed by atoms with Crippen molar-refractivity contribution in [2.75, 3.05) is 6.54 Å². The van der Waals surface area contributed by atoms with E-state index in [9.17, 15) is 14.4 Å². The predicted molar refractivity (Wildman–Crippen MR) is 83.6 cm³/mol. The minimum Gasteiger partial charge on any atom is -0.348 e. The smallest absolute Gasteiger partial charge is 0.322 e. The van der Waals surface area contributed by atoms with Crippen LogP contribution in [0.3, 0.4) is 0 Å². The van der Waals surface area contributed by atoms with E-state index in [-0.39, 0.29) is 18.2 Å². The average molecular weight is 341 g/mol. The molecule has 0 spiro atoms. The van der Waals surface area contributed by atoms with Crippen LogP contribution in [0, 0.1) is 5.92 Å². The van der Waals surface area contributed by atoms with E-state index in [0.29, 0.717) is 5.82 Å². The van der Waals surface area contributed by atoms with Crippen molar-refractivity contribution in [3.05, 3.63) is 36.3 Å². The third-order valence-corrected chi connectivity index (χ3v) is 4.35. The molecular formula is C15H15N7O3. The van der Waals surface area contributed by atoms with E-state index in [2.05, 4.69) is 31.1 Å². The Kier molecular flexibility index (Phi) is 3.45. The summed E-state index contributed by atoms with van der Waals surface area (Å²) in [5.74, 6) is -0.365. The molecule has 0 radical (unpaired) electrons. The molecule has 2 aromatic heterocycles. The summed E-state index contributed by atoms with van der Waals surface area (Å²) >= 11 is 0. The molecule has 1 saturated heterocycles. The molecule has 4 rings (SSSR count). The lowest BCUT2D eigenvalue weighted by molar-refractivity contribution is -0.124. The Bertz CT molecular complexity index is 846. The van der Waals surface area contributed by atoms with E-state index in [4.69, 9.17) is 0 Å². The largest absolute Gasteiger partial charge is 0.348 e. The van der Waals surface area contributed by atoms with Gasteiger partial charge in [0.05, 0.1) is 12.7 Å². The number of nitrogens with zero attached hydrogens (tertiary/aromatic N) is 4. The molecule has 1 aliphatic heterocycles. The van der Waals surface area contributed by atoms with Crippen molar-refractivity contribution in [2.45, 2.75) is 18.4 Å². The van der Waals surface area contributed by atoms with Gasteiger partial charge in [-0.1, -0.05) is 6.07 Å². The molecule has 2 fully saturated rings. The first kappa shape index (κ1) is 15.2. The van der Waals surface area contributed by atoms with E-state index in [1.54, 1.807) is 24.4 Å². The zero-order valence-electron chi connectivity index (χ0n) is 13.1. The Labute approximate surface area is 142 Å². The van der Waals surface area contributed by atoms with Crippen LogP contribution in [0.1, 0.15) is 23.3 Å². The van der Waals surface area contributed by atoms with E-state index < -0.39 is 23.4 Å². The lowest BCUT2D eigenvalue weighted by Gasteiger charge is -2.25. The SMILES string of the molecule is O=C1NC(=O)[C@](CNC(=O)c2cnn(-c3ccccn3)n2)(C2CC2)N1. The quantitative estimate of drug-likeness (QED) is 0.621. The zero-order valence-corrected chi connectivity index (χ0v) is 13.1. The summed E-state index contributed by atoms with van der Waals surface area (Å²) < 4.78 is 0. The van der Waals surface area contributed by atoms with Crippen LogP contribution in [0.5, 0.6) is 0 Å². The number of hydrogen-bond donors (Lipinski definition) is 3. The molecule has 0 unspecified atom stereocenters. The van der Waals surface area contributed by atoms with E-state index in [1.165, 1.54) is 11.0 Å². The maximum atomic E-state index is 12.3. The van der Waals surface area contributed by atoms with Gasteiger partial charge in [0.1, 0.15) is 5.54 Å². The van der Waals surface area contributed by atoms with Crippen molar-refractivity contribution in [2.24, 2.45) is 5.92 Å². The number of carbonyl (C=O) groups excluding carboxylic acids is 3. The molecule has 128 valence electrons. The van der Waals surface area contributed by atoms with Gasteiger partial charge in [-0.3, -0.25) is 14.9 Å². The van der Waals surface area contributed by atoms with Crippen molar-refractivity contribution < 1.29 is 14.4 Å². The first-order valence-corrected chi connectivity index (χ1v) is 7.84. The lowest BCUT2D eigenvalue weighted by Crippen LogP contribution is -2.57. The second-order valence-electron chi connectivity index (χ2n) is 6.04. The fourth-order valence-corrected chi connectivity index (χ4v) is 2.90. The van der Waals surface area contributed by atoms with Gasteiger partial charge in [-0.15, -0.1) is 9.90 Å². The number of imide groups is 1. The van der Waals surface area contributed by atoms with Crippen LogP contribution >= 0.6 is 0 Å². The first-order chi connectivity index (χ1) is 12.1. The molecule has 3 heterocycles. The van der Waals surface area contributed by atoms with Crippen LogP contribution in [0.4, 0.5) is 4.79 Å². The number of hydrogen-bond acceptors (Lipinski definition) is 6. The molecule has 10 heteroatoms. The number of carbonyl (C=O) groups is 3. The molecule has 0 aromatic carbocycles. The fourth-order valence-electron chi connectivity index (χ4n) is 2.90. The number of pyridine rings is 1.